The second-order valence-electron chi connectivity index (χ2n) is 6.31. The molecule has 0 bridgehead atoms. The molecule has 1 atom stereocenters. The van der Waals surface area contributed by atoms with Gasteiger partial charge in [-0.3, -0.25) is 9.80 Å². The molecule has 1 unspecified atom stereocenters. The van der Waals surface area contributed by atoms with Gasteiger partial charge in [0.25, 0.3) is 0 Å². The molecular weight excluding hydrogens is 387 g/mol. The second kappa shape index (κ2) is 6.62. The largest absolute Gasteiger partial charge is 0.383 e. The normalized spacial score (nSPS) is 20.9. The number of nitrogens with zero attached hydrogens (tertiary/aromatic N) is 3. The highest BCUT2D eigenvalue weighted by atomic mass is 79.9. The molecule has 0 spiro atoms. The number of nitrogens with two attached hydrogens (primary N) is 1. The van der Waals surface area contributed by atoms with Gasteiger partial charge in [0.2, 0.25) is 0 Å². The number of halogens is 2. The highest BCUT2D eigenvalue weighted by molar-refractivity contribution is 9.10. The van der Waals surface area contributed by atoms with Crippen LogP contribution in [-0.2, 0) is 4.79 Å². The summed E-state index contributed by atoms with van der Waals surface area (Å²) in [4.78, 5) is 12.7. The van der Waals surface area contributed by atoms with Crippen LogP contribution in [0.4, 0.5) is 4.39 Å². The van der Waals surface area contributed by atoms with Gasteiger partial charge in [-0.15, -0.1) is 0 Å². The highest BCUT2D eigenvalue weighted by Crippen LogP contribution is 2.45. The smallest absolute Gasteiger partial charge is 0.161 e. The molecule has 1 aliphatic carbocycles. The van der Waals surface area contributed by atoms with Crippen LogP contribution < -0.4 is 5.73 Å². The van der Waals surface area contributed by atoms with Crippen LogP contribution in [-0.4, -0.2) is 29.9 Å². The van der Waals surface area contributed by atoms with Gasteiger partial charge in [-0.2, -0.15) is 5.26 Å². The maximum absolute atomic E-state index is 14.6. The summed E-state index contributed by atoms with van der Waals surface area (Å²) in [5.41, 5.74) is 7.97. The van der Waals surface area contributed by atoms with Crippen LogP contribution in [0, 0.1) is 17.1 Å². The minimum atomic E-state index is -0.776. The average Bonchev–Trinajstić information content (AvgIpc) is 2.56. The fraction of sp³-hybridized carbons (Fsp3) is 0.333. The molecule has 0 saturated heterocycles. The van der Waals surface area contributed by atoms with Crippen LogP contribution in [0.3, 0.4) is 0 Å². The number of rotatable bonds is 2. The molecule has 0 aromatic heterocycles. The van der Waals surface area contributed by atoms with Crippen LogP contribution in [0.5, 0.6) is 0 Å². The average molecular weight is 405 g/mol. The van der Waals surface area contributed by atoms with Crippen LogP contribution in [0.2, 0.25) is 0 Å². The Morgan fingerprint density at radius 2 is 2.12 bits per heavy atom. The van der Waals surface area contributed by atoms with Crippen LogP contribution in [0.25, 0.3) is 0 Å². The van der Waals surface area contributed by atoms with Gasteiger partial charge in [0.05, 0.1) is 17.6 Å². The zero-order valence-electron chi connectivity index (χ0n) is 14.0. The first kappa shape index (κ1) is 17.6. The zero-order valence-corrected chi connectivity index (χ0v) is 15.6. The van der Waals surface area contributed by atoms with Gasteiger partial charge in [-0.05, 0) is 31.0 Å². The summed E-state index contributed by atoms with van der Waals surface area (Å²) in [5, 5.41) is 13.2. The van der Waals surface area contributed by atoms with E-state index in [0.29, 0.717) is 29.3 Å². The van der Waals surface area contributed by atoms with E-state index >= 15 is 0 Å². The molecule has 7 heteroatoms. The fourth-order valence-electron chi connectivity index (χ4n) is 3.57. The standard InChI is InChI=1S/C18H18BrFN4O/c1-23(2)24-14-4-3-5-15(25)17(14)16(12(9-21)18(24)22)11-8-10(19)6-7-13(11)20/h6-8,16H,3-5,22H2,1-2H3. The minimum absolute atomic E-state index is 0.0577. The first-order chi connectivity index (χ1) is 11.9. The molecule has 1 aliphatic heterocycles. The Bertz CT molecular complexity index is 853. The van der Waals surface area contributed by atoms with Gasteiger partial charge in [0.1, 0.15) is 11.6 Å². The topological polar surface area (TPSA) is 73.4 Å². The molecule has 0 radical (unpaired) electrons. The van der Waals surface area contributed by atoms with E-state index in [1.165, 1.54) is 6.07 Å². The maximum atomic E-state index is 14.6. The van der Waals surface area contributed by atoms with Gasteiger partial charge >= 0.3 is 0 Å². The van der Waals surface area contributed by atoms with E-state index < -0.39 is 11.7 Å². The fourth-order valence-corrected chi connectivity index (χ4v) is 3.95. The Morgan fingerprint density at radius 1 is 1.40 bits per heavy atom. The molecule has 1 aromatic carbocycles. The van der Waals surface area contributed by atoms with Crippen molar-refractivity contribution in [1.82, 2.24) is 10.0 Å². The van der Waals surface area contributed by atoms with E-state index in [4.69, 9.17) is 5.73 Å². The lowest BCUT2D eigenvalue weighted by atomic mass is 9.76. The van der Waals surface area contributed by atoms with E-state index in [9.17, 15) is 14.4 Å². The van der Waals surface area contributed by atoms with E-state index in [0.717, 1.165) is 5.70 Å². The summed E-state index contributed by atoms with van der Waals surface area (Å²) in [6, 6.07) is 6.64. The van der Waals surface area contributed by atoms with Crippen molar-refractivity contribution < 1.29 is 9.18 Å². The predicted octanol–water partition coefficient (Wildman–Crippen LogP) is 3.16. The molecule has 1 aromatic rings. The number of allylic oxidation sites excluding steroid dienone is 3. The maximum Gasteiger partial charge on any atom is 0.161 e. The third-order valence-electron chi connectivity index (χ3n) is 4.56. The van der Waals surface area contributed by atoms with Crippen LogP contribution in [0.1, 0.15) is 30.7 Å². The van der Waals surface area contributed by atoms with E-state index in [1.54, 1.807) is 36.2 Å². The van der Waals surface area contributed by atoms with Crippen molar-refractivity contribution in [3.63, 3.8) is 0 Å². The van der Waals surface area contributed by atoms with E-state index in [2.05, 4.69) is 22.0 Å². The Kier molecular flexibility index (Phi) is 4.67. The summed E-state index contributed by atoms with van der Waals surface area (Å²) < 4.78 is 15.3. The van der Waals surface area contributed by atoms with Crippen molar-refractivity contribution >= 4 is 21.7 Å². The number of hydrogen-bond donors (Lipinski definition) is 1. The van der Waals surface area contributed by atoms with Crippen molar-refractivity contribution in [2.75, 3.05) is 14.1 Å². The lowest BCUT2D eigenvalue weighted by Gasteiger charge is -2.42. The third-order valence-corrected chi connectivity index (χ3v) is 5.05. The Morgan fingerprint density at radius 3 is 2.76 bits per heavy atom. The second-order valence-corrected chi connectivity index (χ2v) is 7.22. The van der Waals surface area contributed by atoms with Gasteiger partial charge in [-0.1, -0.05) is 15.9 Å². The van der Waals surface area contributed by atoms with Gasteiger partial charge in [-0.25, -0.2) is 9.40 Å². The predicted molar refractivity (Wildman–Crippen MR) is 95.1 cm³/mol. The number of nitriles is 1. The van der Waals surface area contributed by atoms with E-state index in [1.807, 2.05) is 0 Å². The number of carbonyl (C=O) groups is 1. The molecular formula is C18H18BrFN4O. The Hall–Kier alpha value is -2.17. The summed E-state index contributed by atoms with van der Waals surface area (Å²) in [6.45, 7) is 0. The lowest BCUT2D eigenvalue weighted by molar-refractivity contribution is -0.116. The molecule has 25 heavy (non-hydrogen) atoms. The molecule has 0 fully saturated rings. The summed E-state index contributed by atoms with van der Waals surface area (Å²) in [6.07, 6.45) is 1.76. The Labute approximate surface area is 154 Å². The molecule has 0 amide bonds. The first-order valence-electron chi connectivity index (χ1n) is 7.95. The molecule has 130 valence electrons. The van der Waals surface area contributed by atoms with Crippen LogP contribution in [0.15, 0.2) is 45.3 Å². The SMILES string of the molecule is CN(C)N1C(N)=C(C#N)C(c2cc(Br)ccc2F)C2=C1CCCC2=O. The highest BCUT2D eigenvalue weighted by Gasteiger charge is 2.41. The van der Waals surface area contributed by atoms with Crippen molar-refractivity contribution in [3.05, 3.63) is 56.7 Å². The Balaban J connectivity index is 2.31. The first-order valence-corrected chi connectivity index (χ1v) is 8.74. The quantitative estimate of drug-likeness (QED) is 0.819. The molecule has 1 heterocycles. The van der Waals surface area contributed by atoms with Gasteiger partial charge in [0.15, 0.2) is 5.78 Å². The monoisotopic (exact) mass is 404 g/mol. The summed E-state index contributed by atoms with van der Waals surface area (Å²) in [5.74, 6) is -1.05. The molecule has 2 aliphatic rings. The van der Waals surface area contributed by atoms with Crippen molar-refractivity contribution in [1.29, 1.82) is 5.26 Å². The number of hydrogen-bond acceptors (Lipinski definition) is 5. The van der Waals surface area contributed by atoms with E-state index in [-0.39, 0.29) is 22.7 Å². The number of hydrazine groups is 1. The number of carbonyl (C=O) groups excluding carboxylic acids is 1. The van der Waals surface area contributed by atoms with Crippen molar-refractivity contribution in [3.8, 4) is 6.07 Å². The van der Waals surface area contributed by atoms with Crippen LogP contribution >= 0.6 is 15.9 Å². The van der Waals surface area contributed by atoms with Gasteiger partial charge < -0.3 is 5.73 Å². The summed E-state index contributed by atoms with van der Waals surface area (Å²) in [7, 11) is 3.59. The van der Waals surface area contributed by atoms with Crippen molar-refractivity contribution in [2.45, 2.75) is 25.2 Å². The summed E-state index contributed by atoms with van der Waals surface area (Å²) >= 11 is 3.34. The van der Waals surface area contributed by atoms with Crippen molar-refractivity contribution in [2.24, 2.45) is 5.73 Å². The number of benzene rings is 1. The molecule has 3 rings (SSSR count). The molecule has 2 N–H and O–H groups in total. The zero-order chi connectivity index (χ0) is 18.3. The third kappa shape index (κ3) is 2.86. The molecule has 5 nitrogen and oxygen atoms in total. The number of Topliss-reactive ketones (excluding diaryl/α,β-unsaturated/α-hetero) is 1. The lowest BCUT2D eigenvalue weighted by Crippen LogP contribution is -2.45. The molecule has 0 saturated carbocycles. The number of ketones is 1. The van der Waals surface area contributed by atoms with Gasteiger partial charge in [0, 0.05) is 41.8 Å². The minimum Gasteiger partial charge on any atom is -0.383 e.